The Morgan fingerprint density at radius 3 is 2.03 bits per heavy atom. The predicted molar refractivity (Wildman–Crippen MR) is 104 cm³/mol. The molecule has 0 aliphatic heterocycles. The number of sulfonamides is 1. The molecule has 0 aromatic heterocycles. The molecule has 9 nitrogen and oxygen atoms in total. The molecule has 0 atom stereocenters. The summed E-state index contributed by atoms with van der Waals surface area (Å²) in [6, 6.07) is 7.81. The molecule has 0 saturated heterocycles. The van der Waals surface area contributed by atoms with E-state index in [1.165, 1.54) is 57.7 Å². The average Bonchev–Trinajstić information content (AvgIpc) is 2.72. The van der Waals surface area contributed by atoms with Gasteiger partial charge in [-0.05, 0) is 31.2 Å². The molecule has 2 aromatic carbocycles. The van der Waals surface area contributed by atoms with Crippen molar-refractivity contribution in [1.29, 1.82) is 0 Å². The third kappa shape index (κ3) is 4.96. The minimum Gasteiger partial charge on any atom is -0.493 e. The van der Waals surface area contributed by atoms with Crippen molar-refractivity contribution < 1.29 is 37.0 Å². The van der Waals surface area contributed by atoms with E-state index >= 15 is 0 Å². The van der Waals surface area contributed by atoms with Gasteiger partial charge in [-0.25, -0.2) is 18.0 Å². The molecule has 0 spiro atoms. The van der Waals surface area contributed by atoms with Crippen LogP contribution >= 0.6 is 0 Å². The minimum atomic E-state index is -4.08. The molecule has 0 bridgehead atoms. The Balaban J connectivity index is 2.43. The van der Waals surface area contributed by atoms with Gasteiger partial charge in [-0.2, -0.15) is 0 Å². The van der Waals surface area contributed by atoms with E-state index in [1.54, 1.807) is 6.92 Å². The standard InChI is InChI=1S/C19H21NO8S/c1-5-28-18(21)12-6-8-13(9-7-12)29(23,24)20-15-11-17(26-3)16(25-2)10-14(15)19(22)27-4/h6-11,20H,5H2,1-4H3. The lowest BCUT2D eigenvalue weighted by Gasteiger charge is -2.15. The lowest BCUT2D eigenvalue weighted by Crippen LogP contribution is -2.17. The number of carbonyl (C=O) groups is 2. The molecule has 1 N–H and O–H groups in total. The highest BCUT2D eigenvalue weighted by Gasteiger charge is 2.23. The predicted octanol–water partition coefficient (Wildman–Crippen LogP) is 2.47. The molecule has 156 valence electrons. The quantitative estimate of drug-likeness (QED) is 0.644. The fourth-order valence-corrected chi connectivity index (χ4v) is 3.50. The number of anilines is 1. The Kier molecular flexibility index (Phi) is 7.05. The van der Waals surface area contributed by atoms with Crippen molar-refractivity contribution in [2.75, 3.05) is 32.7 Å². The molecule has 2 rings (SSSR count). The summed E-state index contributed by atoms with van der Waals surface area (Å²) in [6.45, 7) is 1.87. The van der Waals surface area contributed by atoms with Gasteiger partial charge in [0.15, 0.2) is 11.5 Å². The summed E-state index contributed by atoms with van der Waals surface area (Å²) in [5, 5.41) is 0. The van der Waals surface area contributed by atoms with Crippen molar-refractivity contribution in [3.05, 3.63) is 47.5 Å². The van der Waals surface area contributed by atoms with Crippen LogP contribution in [-0.4, -0.2) is 48.3 Å². The van der Waals surface area contributed by atoms with Crippen LogP contribution in [0.25, 0.3) is 0 Å². The average molecular weight is 423 g/mol. The third-order valence-electron chi connectivity index (χ3n) is 3.85. The SMILES string of the molecule is CCOC(=O)c1ccc(S(=O)(=O)Nc2cc(OC)c(OC)cc2C(=O)OC)cc1. The Hall–Kier alpha value is -3.27. The van der Waals surface area contributed by atoms with Crippen LogP contribution < -0.4 is 14.2 Å². The van der Waals surface area contributed by atoms with E-state index in [9.17, 15) is 18.0 Å². The Morgan fingerprint density at radius 2 is 1.52 bits per heavy atom. The first-order valence-corrected chi connectivity index (χ1v) is 9.90. The highest BCUT2D eigenvalue weighted by molar-refractivity contribution is 7.92. The molecule has 0 saturated carbocycles. The number of hydrogen-bond donors (Lipinski definition) is 1. The Labute approximate surface area is 168 Å². The maximum absolute atomic E-state index is 12.8. The zero-order valence-corrected chi connectivity index (χ0v) is 17.2. The molecule has 29 heavy (non-hydrogen) atoms. The van der Waals surface area contributed by atoms with Crippen LogP contribution in [-0.2, 0) is 19.5 Å². The summed E-state index contributed by atoms with van der Waals surface area (Å²) in [5.74, 6) is -0.872. The number of carbonyl (C=O) groups excluding carboxylic acids is 2. The van der Waals surface area contributed by atoms with E-state index in [-0.39, 0.29) is 39.8 Å². The second-order valence-corrected chi connectivity index (χ2v) is 7.28. The number of hydrogen-bond acceptors (Lipinski definition) is 8. The van der Waals surface area contributed by atoms with E-state index in [2.05, 4.69) is 4.72 Å². The van der Waals surface area contributed by atoms with Crippen LogP contribution in [0, 0.1) is 0 Å². The van der Waals surface area contributed by atoms with Gasteiger partial charge in [0.05, 0.1) is 49.6 Å². The van der Waals surface area contributed by atoms with E-state index in [1.807, 2.05) is 0 Å². The van der Waals surface area contributed by atoms with Crippen molar-refractivity contribution in [3.8, 4) is 11.5 Å². The van der Waals surface area contributed by atoms with Gasteiger partial charge in [-0.15, -0.1) is 0 Å². The van der Waals surface area contributed by atoms with Crippen LogP contribution in [0.4, 0.5) is 5.69 Å². The number of benzene rings is 2. The Morgan fingerprint density at radius 1 is 0.931 bits per heavy atom. The fraction of sp³-hybridized carbons (Fsp3) is 0.263. The minimum absolute atomic E-state index is 0.0519. The smallest absolute Gasteiger partial charge is 0.340 e. The topological polar surface area (TPSA) is 117 Å². The molecule has 0 fully saturated rings. The number of methoxy groups -OCH3 is 3. The molecule has 0 radical (unpaired) electrons. The second kappa shape index (κ2) is 9.28. The monoisotopic (exact) mass is 423 g/mol. The van der Waals surface area contributed by atoms with E-state index in [0.717, 1.165) is 0 Å². The van der Waals surface area contributed by atoms with Gasteiger partial charge in [0.2, 0.25) is 0 Å². The highest BCUT2D eigenvalue weighted by Crippen LogP contribution is 2.34. The van der Waals surface area contributed by atoms with Crippen molar-refractivity contribution in [3.63, 3.8) is 0 Å². The third-order valence-corrected chi connectivity index (χ3v) is 5.23. The zero-order valence-electron chi connectivity index (χ0n) is 16.3. The van der Waals surface area contributed by atoms with Crippen molar-refractivity contribution in [1.82, 2.24) is 0 Å². The summed E-state index contributed by atoms with van der Waals surface area (Å²) in [6.07, 6.45) is 0. The molecule has 2 aromatic rings. The first kappa shape index (κ1) is 22.0. The summed E-state index contributed by atoms with van der Waals surface area (Å²) >= 11 is 0. The highest BCUT2D eigenvalue weighted by atomic mass is 32.2. The molecular weight excluding hydrogens is 402 g/mol. The van der Waals surface area contributed by atoms with Gasteiger partial charge < -0.3 is 18.9 Å². The van der Waals surface area contributed by atoms with Crippen LogP contribution in [0.2, 0.25) is 0 Å². The molecule has 0 heterocycles. The summed E-state index contributed by atoms with van der Waals surface area (Å²) in [4.78, 5) is 23.7. The van der Waals surface area contributed by atoms with Gasteiger partial charge in [-0.3, -0.25) is 4.72 Å². The molecule has 0 amide bonds. The van der Waals surface area contributed by atoms with E-state index < -0.39 is 22.0 Å². The van der Waals surface area contributed by atoms with Crippen molar-refractivity contribution >= 4 is 27.6 Å². The van der Waals surface area contributed by atoms with Crippen molar-refractivity contribution in [2.45, 2.75) is 11.8 Å². The lowest BCUT2D eigenvalue weighted by molar-refractivity contribution is 0.0525. The van der Waals surface area contributed by atoms with Crippen molar-refractivity contribution in [2.24, 2.45) is 0 Å². The zero-order chi connectivity index (χ0) is 21.6. The largest absolute Gasteiger partial charge is 0.493 e. The van der Waals surface area contributed by atoms with Crippen LogP contribution in [0.15, 0.2) is 41.3 Å². The molecule has 10 heteroatoms. The molecular formula is C19H21NO8S. The van der Waals surface area contributed by atoms with Crippen LogP contribution in [0.3, 0.4) is 0 Å². The summed E-state index contributed by atoms with van der Waals surface area (Å²) in [5.41, 5.74) is 0.105. The van der Waals surface area contributed by atoms with Gasteiger partial charge in [-0.1, -0.05) is 0 Å². The van der Waals surface area contributed by atoms with Gasteiger partial charge in [0.1, 0.15) is 0 Å². The lowest BCUT2D eigenvalue weighted by atomic mass is 10.1. The first-order valence-electron chi connectivity index (χ1n) is 8.41. The number of esters is 2. The second-order valence-electron chi connectivity index (χ2n) is 5.59. The maximum Gasteiger partial charge on any atom is 0.340 e. The number of ether oxygens (including phenoxy) is 4. The van der Waals surface area contributed by atoms with Gasteiger partial charge in [0, 0.05) is 12.1 Å². The van der Waals surface area contributed by atoms with E-state index in [0.29, 0.717) is 0 Å². The maximum atomic E-state index is 12.8. The summed E-state index contributed by atoms with van der Waals surface area (Å²) < 4.78 is 47.8. The number of nitrogens with one attached hydrogen (secondary N) is 1. The van der Waals surface area contributed by atoms with Crippen LogP contribution in [0.1, 0.15) is 27.6 Å². The molecule has 0 aliphatic rings. The van der Waals surface area contributed by atoms with Gasteiger partial charge >= 0.3 is 11.9 Å². The van der Waals surface area contributed by atoms with Crippen LogP contribution in [0.5, 0.6) is 11.5 Å². The van der Waals surface area contributed by atoms with Gasteiger partial charge in [0.25, 0.3) is 10.0 Å². The normalized spacial score (nSPS) is 10.8. The van der Waals surface area contributed by atoms with E-state index in [4.69, 9.17) is 18.9 Å². The fourth-order valence-electron chi connectivity index (χ4n) is 2.43. The summed E-state index contributed by atoms with van der Waals surface area (Å²) in [7, 11) is -0.151. The molecule has 0 aliphatic carbocycles. The first-order chi connectivity index (χ1) is 13.8. The number of rotatable bonds is 8. The Bertz CT molecular complexity index is 1000. The molecule has 0 unspecified atom stereocenters.